The van der Waals surface area contributed by atoms with E-state index in [0.29, 0.717) is 11.6 Å². The molecule has 0 radical (unpaired) electrons. The first-order valence-corrected chi connectivity index (χ1v) is 8.01. The fourth-order valence-corrected chi connectivity index (χ4v) is 2.38. The van der Waals surface area contributed by atoms with Crippen LogP contribution in [0.5, 0.6) is 0 Å². The molecule has 0 aliphatic heterocycles. The lowest BCUT2D eigenvalue weighted by atomic mass is 10.1. The molecule has 0 atom stereocenters. The first kappa shape index (κ1) is 17.3. The Morgan fingerprint density at radius 2 is 1.65 bits per heavy atom. The number of rotatable bonds is 4. The summed E-state index contributed by atoms with van der Waals surface area (Å²) in [5.41, 5.74) is 3.33. The molecule has 26 heavy (non-hydrogen) atoms. The molecular formula is C19H18N4O3. The van der Waals surface area contributed by atoms with Crippen LogP contribution in [-0.2, 0) is 0 Å². The Bertz CT molecular complexity index is 978. The summed E-state index contributed by atoms with van der Waals surface area (Å²) in [6, 6.07) is 8.76. The molecular weight excluding hydrogens is 332 g/mol. The van der Waals surface area contributed by atoms with E-state index >= 15 is 0 Å². The number of carbonyl (C=O) groups excluding carboxylic acids is 2. The van der Waals surface area contributed by atoms with E-state index in [0.717, 1.165) is 16.8 Å². The molecule has 2 amide bonds. The molecule has 2 heterocycles. The highest BCUT2D eigenvalue weighted by atomic mass is 16.5. The van der Waals surface area contributed by atoms with Gasteiger partial charge in [0.15, 0.2) is 5.82 Å². The molecule has 0 aliphatic carbocycles. The van der Waals surface area contributed by atoms with E-state index in [4.69, 9.17) is 4.52 Å². The number of amides is 2. The van der Waals surface area contributed by atoms with Crippen LogP contribution in [0.25, 0.3) is 0 Å². The van der Waals surface area contributed by atoms with Gasteiger partial charge in [-0.25, -0.2) is 0 Å². The first-order valence-electron chi connectivity index (χ1n) is 8.01. The van der Waals surface area contributed by atoms with Gasteiger partial charge in [0, 0.05) is 24.1 Å². The fraction of sp³-hybridized carbons (Fsp3) is 0.158. The van der Waals surface area contributed by atoms with E-state index in [-0.39, 0.29) is 17.0 Å². The average Bonchev–Trinajstić information content (AvgIpc) is 3.03. The van der Waals surface area contributed by atoms with Gasteiger partial charge in [-0.3, -0.25) is 14.6 Å². The monoisotopic (exact) mass is 350 g/mol. The molecule has 0 saturated heterocycles. The van der Waals surface area contributed by atoms with Crippen LogP contribution >= 0.6 is 0 Å². The highest BCUT2D eigenvalue weighted by Crippen LogP contribution is 2.19. The van der Waals surface area contributed by atoms with Gasteiger partial charge in [0.2, 0.25) is 0 Å². The SMILES string of the molecule is Cc1cc(NC(=O)c2cncc(C(=O)Nc3cccc(C)c3C)c2)no1. The Hall–Kier alpha value is -3.48. The van der Waals surface area contributed by atoms with Crippen molar-refractivity contribution in [1.82, 2.24) is 10.1 Å². The predicted octanol–water partition coefficient (Wildman–Crippen LogP) is 3.50. The van der Waals surface area contributed by atoms with E-state index in [2.05, 4.69) is 20.8 Å². The van der Waals surface area contributed by atoms with Crippen LogP contribution in [0.3, 0.4) is 0 Å². The second-order valence-corrected chi connectivity index (χ2v) is 5.94. The van der Waals surface area contributed by atoms with E-state index in [1.54, 1.807) is 13.0 Å². The Balaban J connectivity index is 1.76. The molecule has 0 saturated carbocycles. The van der Waals surface area contributed by atoms with Crippen molar-refractivity contribution in [3.8, 4) is 0 Å². The lowest BCUT2D eigenvalue weighted by Gasteiger charge is -2.10. The van der Waals surface area contributed by atoms with Crippen molar-refractivity contribution < 1.29 is 14.1 Å². The molecule has 7 nitrogen and oxygen atoms in total. The highest BCUT2D eigenvalue weighted by molar-refractivity contribution is 6.08. The van der Waals surface area contributed by atoms with E-state index in [1.807, 2.05) is 32.0 Å². The molecule has 0 spiro atoms. The van der Waals surface area contributed by atoms with E-state index in [1.165, 1.54) is 18.5 Å². The molecule has 132 valence electrons. The molecule has 2 N–H and O–H groups in total. The van der Waals surface area contributed by atoms with Crippen LogP contribution in [0.2, 0.25) is 0 Å². The highest BCUT2D eigenvalue weighted by Gasteiger charge is 2.14. The van der Waals surface area contributed by atoms with Crippen LogP contribution in [0.15, 0.2) is 47.2 Å². The molecule has 3 rings (SSSR count). The minimum Gasteiger partial charge on any atom is -0.360 e. The number of aromatic nitrogens is 2. The van der Waals surface area contributed by atoms with Crippen molar-refractivity contribution in [2.75, 3.05) is 10.6 Å². The van der Waals surface area contributed by atoms with Gasteiger partial charge < -0.3 is 15.2 Å². The van der Waals surface area contributed by atoms with Gasteiger partial charge in [0.1, 0.15) is 5.76 Å². The van der Waals surface area contributed by atoms with Crippen molar-refractivity contribution in [2.24, 2.45) is 0 Å². The predicted molar refractivity (Wildman–Crippen MR) is 97.3 cm³/mol. The summed E-state index contributed by atoms with van der Waals surface area (Å²) in [6.07, 6.45) is 2.80. The van der Waals surface area contributed by atoms with Crippen LogP contribution in [-0.4, -0.2) is 22.0 Å². The third kappa shape index (κ3) is 3.77. The second kappa shape index (κ2) is 7.18. The molecule has 0 aliphatic rings. The fourth-order valence-electron chi connectivity index (χ4n) is 2.38. The minimum absolute atomic E-state index is 0.249. The molecule has 0 fully saturated rings. The third-order valence-corrected chi connectivity index (χ3v) is 3.99. The summed E-state index contributed by atoms with van der Waals surface area (Å²) in [5, 5.41) is 9.15. The quantitative estimate of drug-likeness (QED) is 0.750. The Morgan fingerprint density at radius 3 is 2.31 bits per heavy atom. The van der Waals surface area contributed by atoms with Gasteiger partial charge >= 0.3 is 0 Å². The smallest absolute Gasteiger partial charge is 0.258 e. The lowest BCUT2D eigenvalue weighted by Crippen LogP contribution is -2.16. The first-order chi connectivity index (χ1) is 12.4. The van der Waals surface area contributed by atoms with Gasteiger partial charge in [0.05, 0.1) is 11.1 Å². The van der Waals surface area contributed by atoms with Gasteiger partial charge in [-0.05, 0) is 44.0 Å². The number of benzene rings is 1. The van der Waals surface area contributed by atoms with Gasteiger partial charge in [-0.2, -0.15) is 0 Å². The van der Waals surface area contributed by atoms with E-state index < -0.39 is 5.91 Å². The largest absolute Gasteiger partial charge is 0.360 e. The maximum atomic E-state index is 12.5. The zero-order valence-corrected chi connectivity index (χ0v) is 14.7. The number of hydrogen-bond donors (Lipinski definition) is 2. The van der Waals surface area contributed by atoms with Crippen LogP contribution in [0.4, 0.5) is 11.5 Å². The molecule has 0 bridgehead atoms. The van der Waals surface area contributed by atoms with Gasteiger partial charge in [-0.15, -0.1) is 0 Å². The van der Waals surface area contributed by atoms with Crippen LogP contribution in [0, 0.1) is 20.8 Å². The number of carbonyl (C=O) groups is 2. The molecule has 0 unspecified atom stereocenters. The zero-order chi connectivity index (χ0) is 18.7. The third-order valence-electron chi connectivity index (χ3n) is 3.99. The zero-order valence-electron chi connectivity index (χ0n) is 14.7. The normalized spacial score (nSPS) is 10.4. The summed E-state index contributed by atoms with van der Waals surface area (Å²) < 4.78 is 4.91. The number of nitrogens with one attached hydrogen (secondary N) is 2. The van der Waals surface area contributed by atoms with E-state index in [9.17, 15) is 9.59 Å². The summed E-state index contributed by atoms with van der Waals surface area (Å²) in [4.78, 5) is 28.8. The van der Waals surface area contributed by atoms with Crippen molar-refractivity contribution in [3.63, 3.8) is 0 Å². The molecule has 1 aromatic carbocycles. The topological polar surface area (TPSA) is 97.1 Å². The van der Waals surface area contributed by atoms with Crippen molar-refractivity contribution in [1.29, 1.82) is 0 Å². The van der Waals surface area contributed by atoms with Crippen molar-refractivity contribution in [2.45, 2.75) is 20.8 Å². The van der Waals surface area contributed by atoms with Crippen LogP contribution < -0.4 is 10.6 Å². The minimum atomic E-state index is -0.424. The van der Waals surface area contributed by atoms with Crippen molar-refractivity contribution >= 4 is 23.3 Å². The van der Waals surface area contributed by atoms with Crippen molar-refractivity contribution in [3.05, 3.63) is 70.7 Å². The lowest BCUT2D eigenvalue weighted by molar-refractivity contribution is 0.102. The maximum absolute atomic E-state index is 12.5. The van der Waals surface area contributed by atoms with Gasteiger partial charge in [-0.1, -0.05) is 17.3 Å². The number of aryl methyl sites for hydroxylation is 2. The summed E-state index contributed by atoms with van der Waals surface area (Å²) in [7, 11) is 0. The number of anilines is 2. The second-order valence-electron chi connectivity index (χ2n) is 5.94. The van der Waals surface area contributed by atoms with Gasteiger partial charge in [0.25, 0.3) is 11.8 Å². The number of hydrogen-bond acceptors (Lipinski definition) is 5. The number of nitrogens with zero attached hydrogens (tertiary/aromatic N) is 2. The Labute approximate surface area is 150 Å². The van der Waals surface area contributed by atoms with Crippen LogP contribution in [0.1, 0.15) is 37.6 Å². The standard InChI is InChI=1S/C19H18N4O3/c1-11-5-4-6-16(13(11)3)21-18(24)14-8-15(10-20-9-14)19(25)22-17-7-12(2)26-23-17/h4-10H,1-3H3,(H,21,24)(H,22,23,25). The molecule has 7 heteroatoms. The maximum Gasteiger partial charge on any atom is 0.258 e. The summed E-state index contributed by atoms with van der Waals surface area (Å²) >= 11 is 0. The molecule has 3 aromatic rings. The summed E-state index contributed by atoms with van der Waals surface area (Å²) in [6.45, 7) is 5.64. The Kier molecular flexibility index (Phi) is 4.79. The average molecular weight is 350 g/mol. The Morgan fingerprint density at radius 1 is 0.962 bits per heavy atom. The number of pyridine rings is 1. The molecule has 2 aromatic heterocycles. The summed E-state index contributed by atoms with van der Waals surface area (Å²) in [5.74, 6) is 0.128.